The number of hydrogen-bond donors (Lipinski definition) is 1. The predicted octanol–water partition coefficient (Wildman–Crippen LogP) is 4.36. The number of carbonyl (C=O) groups is 1. The smallest absolute Gasteiger partial charge is 0.223 e. The van der Waals surface area contributed by atoms with Gasteiger partial charge in [-0.2, -0.15) is 0 Å². The highest BCUT2D eigenvalue weighted by molar-refractivity contribution is 14.0. The van der Waals surface area contributed by atoms with Crippen LogP contribution < -0.4 is 5.32 Å². The summed E-state index contributed by atoms with van der Waals surface area (Å²) in [5.41, 5.74) is 3.85. The maximum absolute atomic E-state index is 12.6. The molecule has 0 radical (unpaired) electrons. The van der Waals surface area contributed by atoms with Gasteiger partial charge in [0.05, 0.1) is 12.2 Å². The van der Waals surface area contributed by atoms with Crippen LogP contribution in [0, 0.1) is 0 Å². The fraction of sp³-hybridized carbons (Fsp3) is 0.542. The number of halogens is 1. The Balaban J connectivity index is 0.00000289. The van der Waals surface area contributed by atoms with Crippen molar-refractivity contribution in [1.82, 2.24) is 20.1 Å². The average molecular weight is 568 g/mol. The highest BCUT2D eigenvalue weighted by atomic mass is 127. The van der Waals surface area contributed by atoms with Gasteiger partial charge in [-0.15, -0.1) is 35.3 Å². The van der Waals surface area contributed by atoms with E-state index in [1.165, 1.54) is 46.0 Å². The molecular formula is C24H34IN5OS. The number of hydrogen-bond acceptors (Lipinski definition) is 4. The number of aliphatic imine (C=N–C) groups is 1. The van der Waals surface area contributed by atoms with Gasteiger partial charge in [0.1, 0.15) is 5.01 Å². The number of aromatic nitrogens is 1. The molecule has 1 amide bonds. The van der Waals surface area contributed by atoms with Crippen LogP contribution in [0.25, 0.3) is 0 Å². The maximum Gasteiger partial charge on any atom is 0.223 e. The summed E-state index contributed by atoms with van der Waals surface area (Å²) in [7, 11) is 2.06. The van der Waals surface area contributed by atoms with Crippen LogP contribution in [0.1, 0.15) is 59.3 Å². The monoisotopic (exact) mass is 567 g/mol. The first-order chi connectivity index (χ1) is 15.1. The zero-order chi connectivity index (χ0) is 21.6. The molecule has 174 valence electrons. The van der Waals surface area contributed by atoms with Crippen molar-refractivity contribution < 1.29 is 4.79 Å². The van der Waals surface area contributed by atoms with Crippen molar-refractivity contribution in [2.75, 3.05) is 20.1 Å². The van der Waals surface area contributed by atoms with E-state index in [0.29, 0.717) is 13.0 Å². The molecule has 1 aromatic carbocycles. The van der Waals surface area contributed by atoms with Crippen LogP contribution in [0.15, 0.2) is 29.3 Å². The van der Waals surface area contributed by atoms with Gasteiger partial charge in [-0.1, -0.05) is 24.3 Å². The minimum absolute atomic E-state index is 0. The lowest BCUT2D eigenvalue weighted by Gasteiger charge is -2.21. The zero-order valence-electron chi connectivity index (χ0n) is 19.1. The quantitative estimate of drug-likeness (QED) is 0.234. The molecule has 8 heteroatoms. The fourth-order valence-electron chi connectivity index (χ4n) is 4.30. The molecule has 6 nitrogen and oxygen atoms in total. The normalized spacial score (nSPS) is 15.1. The van der Waals surface area contributed by atoms with E-state index >= 15 is 0 Å². The van der Waals surface area contributed by atoms with Gasteiger partial charge in [0.25, 0.3) is 0 Å². The molecule has 1 aromatic heterocycles. The number of nitrogens with zero attached hydrogens (tertiary/aromatic N) is 4. The molecule has 0 bridgehead atoms. The summed E-state index contributed by atoms with van der Waals surface area (Å²) >= 11 is 1.85. The number of fused-ring (bicyclic) bond motifs is 2. The molecule has 0 fully saturated rings. The molecule has 0 saturated heterocycles. The van der Waals surface area contributed by atoms with Crippen molar-refractivity contribution in [2.24, 2.45) is 4.99 Å². The van der Waals surface area contributed by atoms with Gasteiger partial charge in [0.15, 0.2) is 5.96 Å². The first-order valence-corrected chi connectivity index (χ1v) is 12.3. The third-order valence-corrected chi connectivity index (χ3v) is 7.10. The molecule has 32 heavy (non-hydrogen) atoms. The molecule has 1 N–H and O–H groups in total. The van der Waals surface area contributed by atoms with Crippen molar-refractivity contribution in [3.05, 3.63) is 51.0 Å². The van der Waals surface area contributed by atoms with Gasteiger partial charge in [0, 0.05) is 44.5 Å². The second kappa shape index (κ2) is 12.0. The van der Waals surface area contributed by atoms with Crippen molar-refractivity contribution in [1.29, 1.82) is 0 Å². The SMILES string of the molecule is CCNC(=NCCCC(=O)N1Cc2ccccc2C1)N(C)Cc1nc2c(s1)CCCC2.I. The zero-order valence-corrected chi connectivity index (χ0v) is 22.2. The van der Waals surface area contributed by atoms with Gasteiger partial charge in [-0.25, -0.2) is 4.98 Å². The summed E-state index contributed by atoms with van der Waals surface area (Å²) in [4.78, 5) is 27.8. The number of carbonyl (C=O) groups excluding carboxylic acids is 1. The van der Waals surface area contributed by atoms with Crippen molar-refractivity contribution in [3.63, 3.8) is 0 Å². The Morgan fingerprint density at radius 2 is 1.94 bits per heavy atom. The molecule has 4 rings (SSSR count). The van der Waals surface area contributed by atoms with E-state index in [0.717, 1.165) is 45.0 Å². The number of benzene rings is 1. The number of amides is 1. The number of guanidine groups is 1. The van der Waals surface area contributed by atoms with Gasteiger partial charge in [-0.05, 0) is 50.2 Å². The lowest BCUT2D eigenvalue weighted by molar-refractivity contribution is -0.131. The van der Waals surface area contributed by atoms with Crippen LogP contribution in [-0.4, -0.2) is 46.8 Å². The van der Waals surface area contributed by atoms with E-state index in [4.69, 9.17) is 9.98 Å². The second-order valence-electron chi connectivity index (χ2n) is 8.40. The number of aryl methyl sites for hydroxylation is 2. The summed E-state index contributed by atoms with van der Waals surface area (Å²) in [6.07, 6.45) is 6.16. The van der Waals surface area contributed by atoms with E-state index in [1.807, 2.05) is 28.4 Å². The Bertz CT molecular complexity index is 896. The average Bonchev–Trinajstić information content (AvgIpc) is 3.39. The van der Waals surface area contributed by atoms with Crippen LogP contribution in [0.2, 0.25) is 0 Å². The largest absolute Gasteiger partial charge is 0.357 e. The summed E-state index contributed by atoms with van der Waals surface area (Å²) in [6.45, 7) is 5.80. The first-order valence-electron chi connectivity index (χ1n) is 11.5. The Hall–Kier alpha value is -1.68. The lowest BCUT2D eigenvalue weighted by Crippen LogP contribution is -2.38. The van der Waals surface area contributed by atoms with Gasteiger partial charge in [0.2, 0.25) is 5.91 Å². The third kappa shape index (κ3) is 6.21. The summed E-state index contributed by atoms with van der Waals surface area (Å²) < 4.78 is 0. The van der Waals surface area contributed by atoms with Crippen LogP contribution in [0.4, 0.5) is 0 Å². The summed E-state index contributed by atoms with van der Waals surface area (Å²) in [5, 5.41) is 4.55. The summed E-state index contributed by atoms with van der Waals surface area (Å²) in [6, 6.07) is 8.32. The molecular weight excluding hydrogens is 533 g/mol. The number of rotatable bonds is 7. The molecule has 0 unspecified atom stereocenters. The fourth-order valence-corrected chi connectivity index (χ4v) is 5.51. The highest BCUT2D eigenvalue weighted by Crippen LogP contribution is 2.27. The number of nitrogens with one attached hydrogen (secondary N) is 1. The Kier molecular flexibility index (Phi) is 9.34. The van der Waals surface area contributed by atoms with Crippen molar-refractivity contribution >= 4 is 47.2 Å². The van der Waals surface area contributed by atoms with Crippen LogP contribution in [0.3, 0.4) is 0 Å². The molecule has 0 saturated carbocycles. The molecule has 2 aromatic rings. The molecule has 0 atom stereocenters. The van der Waals surface area contributed by atoms with Crippen LogP contribution in [0.5, 0.6) is 0 Å². The molecule has 2 aliphatic rings. The molecule has 2 heterocycles. The predicted molar refractivity (Wildman–Crippen MR) is 142 cm³/mol. The van der Waals surface area contributed by atoms with E-state index in [-0.39, 0.29) is 29.9 Å². The van der Waals surface area contributed by atoms with Gasteiger partial charge >= 0.3 is 0 Å². The van der Waals surface area contributed by atoms with Crippen molar-refractivity contribution in [3.8, 4) is 0 Å². The van der Waals surface area contributed by atoms with Crippen molar-refractivity contribution in [2.45, 2.75) is 65.1 Å². The van der Waals surface area contributed by atoms with Crippen LogP contribution in [-0.2, 0) is 37.3 Å². The standard InChI is InChI=1S/C24H33N5OS.HI/c1-3-25-24(28(2)17-22-27-20-11-6-7-12-21(20)31-22)26-14-8-13-23(30)29-15-18-9-4-5-10-19(18)16-29;/h4-5,9-10H,3,6-8,11-17H2,1-2H3,(H,25,26);1H. The summed E-state index contributed by atoms with van der Waals surface area (Å²) in [5.74, 6) is 1.11. The van der Waals surface area contributed by atoms with Gasteiger partial charge in [-0.3, -0.25) is 9.79 Å². The van der Waals surface area contributed by atoms with Gasteiger partial charge < -0.3 is 15.1 Å². The topological polar surface area (TPSA) is 60.8 Å². The molecule has 1 aliphatic heterocycles. The van der Waals surface area contributed by atoms with E-state index < -0.39 is 0 Å². The molecule has 1 aliphatic carbocycles. The lowest BCUT2D eigenvalue weighted by atomic mass is 10.0. The van der Waals surface area contributed by atoms with E-state index in [9.17, 15) is 4.79 Å². The second-order valence-corrected chi connectivity index (χ2v) is 9.57. The third-order valence-electron chi connectivity index (χ3n) is 5.96. The Morgan fingerprint density at radius 3 is 2.62 bits per heavy atom. The highest BCUT2D eigenvalue weighted by Gasteiger charge is 2.22. The number of thiazole rings is 1. The Morgan fingerprint density at radius 1 is 1.22 bits per heavy atom. The van der Waals surface area contributed by atoms with E-state index in [1.54, 1.807) is 0 Å². The van der Waals surface area contributed by atoms with E-state index in [2.05, 4.69) is 36.3 Å². The Labute approximate surface area is 212 Å². The van der Waals surface area contributed by atoms with Crippen LogP contribution >= 0.6 is 35.3 Å². The minimum Gasteiger partial charge on any atom is -0.357 e. The first kappa shape index (κ1) is 25.0. The maximum atomic E-state index is 12.6. The molecule has 0 spiro atoms. The minimum atomic E-state index is 0.